The number of hydrogen-bond acceptors (Lipinski definition) is 4. The lowest BCUT2D eigenvalue weighted by Gasteiger charge is -2.27. The average molecular weight is 333 g/mol. The van der Waals surface area contributed by atoms with Gasteiger partial charge in [-0.05, 0) is 50.4 Å². The van der Waals surface area contributed by atoms with Gasteiger partial charge in [0, 0.05) is 25.8 Å². The second-order valence-electron chi connectivity index (χ2n) is 6.79. The first kappa shape index (κ1) is 18.0. The maximum Gasteiger partial charge on any atom is 0.224 e. The van der Waals surface area contributed by atoms with Crippen molar-refractivity contribution in [3.05, 3.63) is 0 Å². The molecule has 6 heteroatoms. The third kappa shape index (κ3) is 4.13. The normalized spacial score (nSPS) is 36.3. The van der Waals surface area contributed by atoms with E-state index in [0.717, 1.165) is 32.3 Å². The molecule has 5 atom stereocenters. The van der Waals surface area contributed by atoms with Crippen molar-refractivity contribution in [1.82, 2.24) is 5.32 Å². The molecule has 1 heterocycles. The minimum atomic E-state index is 0. The van der Waals surface area contributed by atoms with Crippen LogP contribution in [0.4, 0.5) is 0 Å². The molecule has 2 bridgehead atoms. The average Bonchev–Trinajstić information content (AvgIpc) is 3.19. The SMILES string of the molecule is Cl.NC1C2CCC(C2)C1C(=O)NCCCOCC1CCCO1. The molecule has 0 aromatic carbocycles. The van der Waals surface area contributed by atoms with Crippen molar-refractivity contribution in [2.75, 3.05) is 26.4 Å². The second-order valence-corrected chi connectivity index (χ2v) is 6.79. The van der Waals surface area contributed by atoms with Gasteiger partial charge in [-0.15, -0.1) is 12.4 Å². The highest BCUT2D eigenvalue weighted by Crippen LogP contribution is 2.47. The van der Waals surface area contributed by atoms with Gasteiger partial charge in [0.25, 0.3) is 0 Å². The molecular formula is C16H29ClN2O3. The summed E-state index contributed by atoms with van der Waals surface area (Å²) in [5, 5.41) is 3.04. The quantitative estimate of drug-likeness (QED) is 0.693. The predicted molar refractivity (Wildman–Crippen MR) is 87.0 cm³/mol. The molecule has 3 rings (SSSR count). The summed E-state index contributed by atoms with van der Waals surface area (Å²) in [5.41, 5.74) is 6.19. The van der Waals surface area contributed by atoms with Crippen LogP contribution in [0.3, 0.4) is 0 Å². The van der Waals surface area contributed by atoms with Crippen molar-refractivity contribution in [2.24, 2.45) is 23.5 Å². The lowest BCUT2D eigenvalue weighted by Crippen LogP contribution is -2.45. The smallest absolute Gasteiger partial charge is 0.224 e. The number of nitrogens with one attached hydrogen (secondary N) is 1. The van der Waals surface area contributed by atoms with Crippen molar-refractivity contribution in [3.63, 3.8) is 0 Å². The van der Waals surface area contributed by atoms with E-state index in [2.05, 4.69) is 5.32 Å². The van der Waals surface area contributed by atoms with Gasteiger partial charge in [-0.3, -0.25) is 4.79 Å². The van der Waals surface area contributed by atoms with Gasteiger partial charge < -0.3 is 20.5 Å². The molecule has 0 aromatic rings. The highest BCUT2D eigenvalue weighted by atomic mass is 35.5. The summed E-state index contributed by atoms with van der Waals surface area (Å²) >= 11 is 0. The minimum Gasteiger partial charge on any atom is -0.379 e. The zero-order valence-electron chi connectivity index (χ0n) is 13.2. The fourth-order valence-electron chi connectivity index (χ4n) is 4.22. The molecule has 1 aliphatic heterocycles. The summed E-state index contributed by atoms with van der Waals surface area (Å²) < 4.78 is 11.1. The molecule has 3 aliphatic rings. The second kappa shape index (κ2) is 8.48. The van der Waals surface area contributed by atoms with Gasteiger partial charge in [0.1, 0.15) is 0 Å². The van der Waals surface area contributed by atoms with Crippen LogP contribution in [0.1, 0.15) is 38.5 Å². The van der Waals surface area contributed by atoms with Gasteiger partial charge in [-0.25, -0.2) is 0 Å². The van der Waals surface area contributed by atoms with Crippen LogP contribution in [0.5, 0.6) is 0 Å². The number of rotatable bonds is 7. The summed E-state index contributed by atoms with van der Waals surface area (Å²) in [7, 11) is 0. The van der Waals surface area contributed by atoms with Gasteiger partial charge >= 0.3 is 0 Å². The summed E-state index contributed by atoms with van der Waals surface area (Å²) in [5.74, 6) is 1.33. The number of fused-ring (bicyclic) bond motifs is 2. The molecule has 3 N–H and O–H groups in total. The molecule has 0 radical (unpaired) electrons. The molecule has 128 valence electrons. The molecule has 5 nitrogen and oxygen atoms in total. The Labute approximate surface area is 139 Å². The van der Waals surface area contributed by atoms with E-state index in [4.69, 9.17) is 15.2 Å². The van der Waals surface area contributed by atoms with Crippen LogP contribution >= 0.6 is 12.4 Å². The summed E-state index contributed by atoms with van der Waals surface area (Å²) in [6.07, 6.45) is 6.95. The number of amides is 1. The van der Waals surface area contributed by atoms with Crippen LogP contribution < -0.4 is 11.1 Å². The van der Waals surface area contributed by atoms with Crippen LogP contribution in [0.2, 0.25) is 0 Å². The van der Waals surface area contributed by atoms with Gasteiger partial charge in [-0.2, -0.15) is 0 Å². The Balaban J connectivity index is 0.00000176. The van der Waals surface area contributed by atoms with Crippen LogP contribution in [-0.2, 0) is 14.3 Å². The molecule has 0 spiro atoms. The van der Waals surface area contributed by atoms with E-state index in [-0.39, 0.29) is 36.4 Å². The lowest BCUT2D eigenvalue weighted by atomic mass is 9.84. The standard InChI is InChI=1S/C16H28N2O3.ClH/c17-15-12-5-4-11(9-12)14(15)16(19)18-6-2-7-20-10-13-3-1-8-21-13;/h11-15H,1-10,17H2,(H,18,19);1H. The van der Waals surface area contributed by atoms with E-state index in [1.807, 2.05) is 0 Å². The van der Waals surface area contributed by atoms with E-state index in [1.165, 1.54) is 12.8 Å². The number of ether oxygens (including phenoxy) is 2. The van der Waals surface area contributed by atoms with Gasteiger partial charge in [0.2, 0.25) is 5.91 Å². The molecule has 22 heavy (non-hydrogen) atoms. The zero-order valence-corrected chi connectivity index (χ0v) is 14.0. The largest absolute Gasteiger partial charge is 0.379 e. The first-order valence-electron chi connectivity index (χ1n) is 8.48. The van der Waals surface area contributed by atoms with E-state index in [9.17, 15) is 4.79 Å². The Hall–Kier alpha value is -0.360. The van der Waals surface area contributed by atoms with Crippen LogP contribution in [0.15, 0.2) is 0 Å². The topological polar surface area (TPSA) is 73.6 Å². The van der Waals surface area contributed by atoms with Crippen molar-refractivity contribution in [1.29, 1.82) is 0 Å². The first-order valence-corrected chi connectivity index (χ1v) is 8.48. The van der Waals surface area contributed by atoms with Crippen molar-refractivity contribution in [3.8, 4) is 0 Å². The Morgan fingerprint density at radius 3 is 2.77 bits per heavy atom. The fourth-order valence-corrected chi connectivity index (χ4v) is 4.22. The van der Waals surface area contributed by atoms with Crippen LogP contribution in [0, 0.1) is 17.8 Å². The Bertz CT molecular complexity index is 361. The highest BCUT2D eigenvalue weighted by Gasteiger charge is 2.48. The number of halogens is 1. The van der Waals surface area contributed by atoms with E-state index in [1.54, 1.807) is 0 Å². The third-order valence-corrected chi connectivity index (χ3v) is 5.38. The molecule has 1 amide bonds. The van der Waals surface area contributed by atoms with E-state index >= 15 is 0 Å². The van der Waals surface area contributed by atoms with Crippen molar-refractivity contribution in [2.45, 2.75) is 50.7 Å². The van der Waals surface area contributed by atoms with Crippen LogP contribution in [-0.4, -0.2) is 44.4 Å². The van der Waals surface area contributed by atoms with Gasteiger partial charge in [-0.1, -0.05) is 0 Å². The molecule has 1 saturated heterocycles. The molecule has 0 aromatic heterocycles. The molecule has 2 saturated carbocycles. The fraction of sp³-hybridized carbons (Fsp3) is 0.938. The Kier molecular flexibility index (Phi) is 6.93. The lowest BCUT2D eigenvalue weighted by molar-refractivity contribution is -0.127. The number of carbonyl (C=O) groups excluding carboxylic acids is 1. The van der Waals surface area contributed by atoms with Gasteiger partial charge in [0.05, 0.1) is 18.6 Å². The monoisotopic (exact) mass is 332 g/mol. The maximum absolute atomic E-state index is 12.2. The van der Waals surface area contributed by atoms with E-state index in [0.29, 0.717) is 31.6 Å². The molecule has 3 fully saturated rings. The highest BCUT2D eigenvalue weighted by molar-refractivity contribution is 5.85. The predicted octanol–water partition coefficient (Wildman–Crippen LogP) is 1.48. The molecular weight excluding hydrogens is 304 g/mol. The summed E-state index contributed by atoms with van der Waals surface area (Å²) in [6, 6.07) is 0.0829. The molecule has 5 unspecified atom stereocenters. The van der Waals surface area contributed by atoms with Crippen molar-refractivity contribution >= 4 is 18.3 Å². The van der Waals surface area contributed by atoms with Gasteiger partial charge in [0.15, 0.2) is 0 Å². The molecule has 2 aliphatic carbocycles. The third-order valence-electron chi connectivity index (χ3n) is 5.38. The zero-order chi connectivity index (χ0) is 14.7. The maximum atomic E-state index is 12.2. The Morgan fingerprint density at radius 2 is 2.09 bits per heavy atom. The summed E-state index contributed by atoms with van der Waals surface area (Å²) in [4.78, 5) is 12.2. The van der Waals surface area contributed by atoms with Crippen LogP contribution in [0.25, 0.3) is 0 Å². The minimum absolute atomic E-state index is 0. The number of carbonyl (C=O) groups is 1. The first-order chi connectivity index (χ1) is 10.3. The summed E-state index contributed by atoms with van der Waals surface area (Å²) in [6.45, 7) is 2.92. The van der Waals surface area contributed by atoms with E-state index < -0.39 is 0 Å². The van der Waals surface area contributed by atoms with Crippen molar-refractivity contribution < 1.29 is 14.3 Å². The Morgan fingerprint density at radius 1 is 1.27 bits per heavy atom. The number of hydrogen-bond donors (Lipinski definition) is 2. The number of nitrogens with two attached hydrogens (primary N) is 1.